The van der Waals surface area contributed by atoms with Crippen molar-refractivity contribution < 1.29 is 9.15 Å². The van der Waals surface area contributed by atoms with Gasteiger partial charge in [0.15, 0.2) is 5.58 Å². The van der Waals surface area contributed by atoms with E-state index in [9.17, 15) is 0 Å². The molecule has 0 bridgehead atoms. The number of hydrogen-bond acceptors (Lipinski definition) is 6. The number of halogens is 1. The van der Waals surface area contributed by atoms with Crippen LogP contribution < -0.4 is 10.1 Å². The molecule has 6 rings (SSSR count). The Balaban J connectivity index is 1.29. The molecule has 2 N–H and O–H groups in total. The van der Waals surface area contributed by atoms with Crippen molar-refractivity contribution in [2.45, 2.75) is 0 Å². The molecule has 0 atom stereocenters. The first-order chi connectivity index (χ1) is 16.2. The van der Waals surface area contributed by atoms with Gasteiger partial charge in [0.2, 0.25) is 5.88 Å². The molecule has 0 amide bonds. The molecule has 3 aromatic carbocycles. The summed E-state index contributed by atoms with van der Waals surface area (Å²) in [4.78, 5) is 16.5. The van der Waals surface area contributed by atoms with Gasteiger partial charge in [-0.15, -0.1) is 0 Å². The van der Waals surface area contributed by atoms with Crippen LogP contribution in [0.2, 0.25) is 5.02 Å². The van der Waals surface area contributed by atoms with Gasteiger partial charge in [-0.25, -0.2) is 9.97 Å². The fraction of sp³-hybridized carbons (Fsp3) is 0. The van der Waals surface area contributed by atoms with Gasteiger partial charge in [-0.1, -0.05) is 41.9 Å². The van der Waals surface area contributed by atoms with E-state index >= 15 is 0 Å². The number of nitrogens with one attached hydrogen (secondary N) is 2. The number of anilines is 2. The highest BCUT2D eigenvalue weighted by Gasteiger charge is 2.13. The second-order valence-electron chi connectivity index (χ2n) is 7.37. The van der Waals surface area contributed by atoms with Crippen molar-refractivity contribution in [1.29, 1.82) is 0 Å². The number of H-pyrrole nitrogens is 1. The van der Waals surface area contributed by atoms with Crippen LogP contribution in [-0.2, 0) is 0 Å². The maximum atomic E-state index is 6.10. The number of nitrogens with zero attached hydrogens (tertiary/aromatic N) is 3. The summed E-state index contributed by atoms with van der Waals surface area (Å²) in [5.74, 6) is 1.05. The molecular weight excluding hydrogens is 438 g/mol. The Hall–Kier alpha value is -4.36. The van der Waals surface area contributed by atoms with Crippen molar-refractivity contribution in [2.24, 2.45) is 0 Å². The van der Waals surface area contributed by atoms with E-state index in [0.29, 0.717) is 39.4 Å². The van der Waals surface area contributed by atoms with Crippen LogP contribution >= 0.6 is 11.6 Å². The minimum atomic E-state index is 0.382. The summed E-state index contributed by atoms with van der Waals surface area (Å²) in [6, 6.07) is 25.2. The Morgan fingerprint density at radius 3 is 2.61 bits per heavy atom. The molecule has 6 aromatic rings. The summed E-state index contributed by atoms with van der Waals surface area (Å²) < 4.78 is 11.9. The zero-order valence-corrected chi connectivity index (χ0v) is 17.9. The second-order valence-corrected chi connectivity index (χ2v) is 7.81. The van der Waals surface area contributed by atoms with Crippen molar-refractivity contribution in [2.75, 3.05) is 5.32 Å². The lowest BCUT2D eigenvalue weighted by atomic mass is 10.1. The molecule has 3 heterocycles. The van der Waals surface area contributed by atoms with E-state index in [1.54, 1.807) is 12.1 Å². The van der Waals surface area contributed by atoms with E-state index in [1.807, 2.05) is 66.7 Å². The molecule has 0 aliphatic rings. The summed E-state index contributed by atoms with van der Waals surface area (Å²) in [5, 5.41) is 4.59. The Labute approximate surface area is 193 Å². The average Bonchev–Trinajstić information content (AvgIpc) is 3.45. The van der Waals surface area contributed by atoms with Gasteiger partial charge in [0.05, 0.1) is 5.39 Å². The van der Waals surface area contributed by atoms with Crippen molar-refractivity contribution in [1.82, 2.24) is 19.9 Å². The van der Waals surface area contributed by atoms with Gasteiger partial charge in [-0.2, -0.15) is 4.98 Å². The molecule has 0 radical (unpaired) electrons. The number of ether oxygens (including phenoxy) is 1. The minimum absolute atomic E-state index is 0.382. The normalized spacial score (nSPS) is 11.2. The lowest BCUT2D eigenvalue weighted by molar-refractivity contribution is 0.468. The Morgan fingerprint density at radius 1 is 0.909 bits per heavy atom. The van der Waals surface area contributed by atoms with Crippen molar-refractivity contribution in [3.05, 3.63) is 90.2 Å². The van der Waals surface area contributed by atoms with Crippen LogP contribution in [0, 0.1) is 0 Å². The van der Waals surface area contributed by atoms with Crippen LogP contribution in [0.5, 0.6) is 11.6 Å². The van der Waals surface area contributed by atoms with E-state index in [4.69, 9.17) is 20.8 Å². The van der Waals surface area contributed by atoms with E-state index < -0.39 is 0 Å². The van der Waals surface area contributed by atoms with Crippen LogP contribution in [0.15, 0.2) is 89.6 Å². The van der Waals surface area contributed by atoms with E-state index in [2.05, 4.69) is 25.3 Å². The molecule has 0 fully saturated rings. The standard InChI is InChI=1S/C25H16ClN5O2/c26-16-6-8-17(9-7-16)29-25-31-21-12-18(10-11-22(21)33-25)32-24-19-13-20(15-4-2-1-3-5-15)30-23(19)27-14-28-24/h1-14H,(H,29,31)(H,27,28,30). The molecule has 0 saturated heterocycles. The molecule has 33 heavy (non-hydrogen) atoms. The smallest absolute Gasteiger partial charge is 0.300 e. The number of fused-ring (bicyclic) bond motifs is 2. The Kier molecular flexibility index (Phi) is 4.66. The highest BCUT2D eigenvalue weighted by Crippen LogP contribution is 2.32. The number of rotatable bonds is 5. The van der Waals surface area contributed by atoms with Gasteiger partial charge < -0.3 is 19.5 Å². The predicted octanol–water partition coefficient (Wildman–Crippen LogP) is 6.96. The average molecular weight is 454 g/mol. The van der Waals surface area contributed by atoms with E-state index in [-0.39, 0.29) is 0 Å². The lowest BCUT2D eigenvalue weighted by Crippen LogP contribution is -1.90. The molecule has 160 valence electrons. The van der Waals surface area contributed by atoms with Gasteiger partial charge in [0, 0.05) is 22.5 Å². The van der Waals surface area contributed by atoms with Gasteiger partial charge in [-0.3, -0.25) is 0 Å². The third-order valence-corrected chi connectivity index (χ3v) is 5.39. The second kappa shape index (κ2) is 7.96. The number of aromatic amines is 1. The van der Waals surface area contributed by atoms with E-state index in [0.717, 1.165) is 22.3 Å². The van der Waals surface area contributed by atoms with Gasteiger partial charge in [0.1, 0.15) is 23.2 Å². The quantitative estimate of drug-likeness (QED) is 0.293. The fourth-order valence-electron chi connectivity index (χ4n) is 3.56. The predicted molar refractivity (Wildman–Crippen MR) is 128 cm³/mol. The molecule has 0 spiro atoms. The van der Waals surface area contributed by atoms with Crippen molar-refractivity contribution in [3.8, 4) is 22.9 Å². The first-order valence-corrected chi connectivity index (χ1v) is 10.6. The first-order valence-electron chi connectivity index (χ1n) is 10.2. The Bertz CT molecular complexity index is 1580. The largest absolute Gasteiger partial charge is 0.438 e. The molecule has 0 aliphatic heterocycles. The van der Waals surface area contributed by atoms with Crippen LogP contribution in [-0.4, -0.2) is 19.9 Å². The summed E-state index contributed by atoms with van der Waals surface area (Å²) in [6.45, 7) is 0. The topological polar surface area (TPSA) is 88.9 Å². The molecule has 0 saturated carbocycles. The summed E-state index contributed by atoms with van der Waals surface area (Å²) in [5.41, 5.74) is 4.84. The Morgan fingerprint density at radius 2 is 1.76 bits per heavy atom. The van der Waals surface area contributed by atoms with Crippen LogP contribution in [0.1, 0.15) is 0 Å². The number of benzene rings is 3. The molecular formula is C25H16ClN5O2. The fourth-order valence-corrected chi connectivity index (χ4v) is 3.69. The van der Waals surface area contributed by atoms with Crippen LogP contribution in [0.4, 0.5) is 11.7 Å². The first kappa shape index (κ1) is 19.3. The lowest BCUT2D eigenvalue weighted by Gasteiger charge is -2.04. The molecule has 7 nitrogen and oxygen atoms in total. The SMILES string of the molecule is Clc1ccc(Nc2nc3cc(Oc4ncnc5[nH]c(-c6ccccc6)cc45)ccc3o2)cc1. The third kappa shape index (κ3) is 3.86. The molecule has 0 unspecified atom stereocenters. The summed E-state index contributed by atoms with van der Waals surface area (Å²) >= 11 is 5.94. The summed E-state index contributed by atoms with van der Waals surface area (Å²) in [6.07, 6.45) is 1.48. The number of oxazole rings is 1. The molecule has 8 heteroatoms. The van der Waals surface area contributed by atoms with Gasteiger partial charge in [0.25, 0.3) is 6.01 Å². The highest BCUT2D eigenvalue weighted by molar-refractivity contribution is 6.30. The summed E-state index contributed by atoms with van der Waals surface area (Å²) in [7, 11) is 0. The minimum Gasteiger partial charge on any atom is -0.438 e. The van der Waals surface area contributed by atoms with E-state index in [1.165, 1.54) is 6.33 Å². The zero-order chi connectivity index (χ0) is 22.2. The number of hydrogen-bond donors (Lipinski definition) is 2. The third-order valence-electron chi connectivity index (χ3n) is 5.14. The zero-order valence-electron chi connectivity index (χ0n) is 17.1. The monoisotopic (exact) mass is 453 g/mol. The van der Waals surface area contributed by atoms with Gasteiger partial charge in [-0.05, 0) is 48.0 Å². The van der Waals surface area contributed by atoms with Gasteiger partial charge >= 0.3 is 0 Å². The highest BCUT2D eigenvalue weighted by atomic mass is 35.5. The van der Waals surface area contributed by atoms with Crippen LogP contribution in [0.25, 0.3) is 33.4 Å². The molecule has 3 aromatic heterocycles. The van der Waals surface area contributed by atoms with Crippen molar-refractivity contribution in [3.63, 3.8) is 0 Å². The maximum absolute atomic E-state index is 6.10. The maximum Gasteiger partial charge on any atom is 0.300 e. The van der Waals surface area contributed by atoms with Crippen LogP contribution in [0.3, 0.4) is 0 Å². The number of aromatic nitrogens is 4. The molecule has 0 aliphatic carbocycles. The van der Waals surface area contributed by atoms with Crippen molar-refractivity contribution >= 4 is 45.4 Å².